The molecule has 0 spiro atoms. The fourth-order valence-electron chi connectivity index (χ4n) is 5.09. The van der Waals surface area contributed by atoms with Crippen LogP contribution in [-0.2, 0) is 49.3 Å². The van der Waals surface area contributed by atoms with Crippen LogP contribution in [-0.4, -0.2) is 65.8 Å². The molecule has 14 heteroatoms. The highest BCUT2D eigenvalue weighted by atomic mass is 35.5. The first-order valence-corrected chi connectivity index (χ1v) is 15.0. The SMILES string of the molecule is CC(=O)OC[C@H]1O[C@@H](c2ccc(Cl)c(Cc3ccc(C4C=C/C(=N\O)C(F)=C4)s3)c2)[C@H](OC(C)=O)[C@@H](OC(C)=O)[C@@H]1OC(C)=O. The van der Waals surface area contributed by atoms with Gasteiger partial charge < -0.3 is 28.9 Å². The molecule has 1 aromatic carbocycles. The number of hydrogen-bond acceptors (Lipinski definition) is 12. The lowest BCUT2D eigenvalue weighted by molar-refractivity contribution is -0.254. The number of carbonyl (C=O) groups excluding carboxylic acids is 4. The number of thiophene rings is 1. The highest BCUT2D eigenvalue weighted by Gasteiger charge is 2.52. The van der Waals surface area contributed by atoms with Gasteiger partial charge in [0, 0.05) is 54.8 Å². The first kappa shape index (κ1) is 33.8. The lowest BCUT2D eigenvalue weighted by atomic mass is 9.89. The molecule has 0 bridgehead atoms. The van der Waals surface area contributed by atoms with E-state index in [9.17, 15) is 23.6 Å². The molecular formula is C31H31ClFNO10S. The van der Waals surface area contributed by atoms with Crippen LogP contribution < -0.4 is 0 Å². The number of nitrogens with zero attached hydrogens (tertiary/aromatic N) is 1. The normalized spacial score (nSPS) is 25.3. The largest absolute Gasteiger partial charge is 0.463 e. The lowest BCUT2D eigenvalue weighted by Gasteiger charge is -2.44. The first-order chi connectivity index (χ1) is 21.4. The van der Waals surface area contributed by atoms with Crippen molar-refractivity contribution in [3.8, 4) is 0 Å². The number of benzene rings is 1. The number of hydrogen-bond donors (Lipinski definition) is 1. The third-order valence-corrected chi connectivity index (χ3v) is 8.46. The van der Waals surface area contributed by atoms with E-state index in [1.165, 1.54) is 37.3 Å². The summed E-state index contributed by atoms with van der Waals surface area (Å²) >= 11 is 8.04. The maximum absolute atomic E-state index is 14.2. The summed E-state index contributed by atoms with van der Waals surface area (Å²) in [6, 6.07) is 8.83. The predicted molar refractivity (Wildman–Crippen MR) is 160 cm³/mol. The average molecular weight is 664 g/mol. The maximum Gasteiger partial charge on any atom is 0.303 e. The van der Waals surface area contributed by atoms with Crippen LogP contribution in [0.1, 0.15) is 60.6 Å². The minimum atomic E-state index is -1.30. The fourth-order valence-corrected chi connectivity index (χ4v) is 6.36. The van der Waals surface area contributed by atoms with Gasteiger partial charge in [0.25, 0.3) is 0 Å². The molecular weight excluding hydrogens is 633 g/mol. The molecule has 0 saturated carbocycles. The van der Waals surface area contributed by atoms with Crippen LogP contribution in [0.3, 0.4) is 0 Å². The number of ether oxygens (including phenoxy) is 5. The van der Waals surface area contributed by atoms with Crippen LogP contribution in [0.2, 0.25) is 5.02 Å². The summed E-state index contributed by atoms with van der Waals surface area (Å²) in [7, 11) is 0. The van der Waals surface area contributed by atoms with Gasteiger partial charge in [-0.25, -0.2) is 4.39 Å². The van der Waals surface area contributed by atoms with Crippen LogP contribution >= 0.6 is 22.9 Å². The predicted octanol–water partition coefficient (Wildman–Crippen LogP) is 5.13. The van der Waals surface area contributed by atoms with Crippen molar-refractivity contribution >= 4 is 52.5 Å². The summed E-state index contributed by atoms with van der Waals surface area (Å²) in [5, 5.41) is 12.3. The molecule has 240 valence electrons. The standard InChI is InChI=1S/C31H31ClFNO10S/c1-15(35)40-14-26-29(41-16(2)36)31(43-18(4)38)30(42-17(3)37)28(44-26)20-5-8-23(32)21(11-20)12-22-7-10-27(45-22)19-6-9-25(34-39)24(33)13-19/h5-11,13,19,26,28-31,39H,12,14H2,1-4H3/b34-25+/t19?,26-,28+,29-,30+,31+/m1/s1. The third-order valence-electron chi connectivity index (χ3n) is 6.90. The molecule has 2 aromatic rings. The van der Waals surface area contributed by atoms with Gasteiger partial charge in [0.05, 0.1) is 0 Å². The Morgan fingerprint density at radius 2 is 1.62 bits per heavy atom. The van der Waals surface area contributed by atoms with E-state index >= 15 is 0 Å². The highest BCUT2D eigenvalue weighted by molar-refractivity contribution is 7.12. The summed E-state index contributed by atoms with van der Waals surface area (Å²) < 4.78 is 42.2. The second-order valence-corrected chi connectivity index (χ2v) is 11.9. The van der Waals surface area contributed by atoms with Crippen LogP contribution in [0.4, 0.5) is 4.39 Å². The molecule has 1 N–H and O–H groups in total. The summed E-state index contributed by atoms with van der Waals surface area (Å²) in [6.45, 7) is 4.34. The van der Waals surface area contributed by atoms with Crippen LogP contribution in [0.15, 0.2) is 59.5 Å². The molecule has 6 atom stereocenters. The molecule has 1 unspecified atom stereocenters. The minimum absolute atomic E-state index is 0.145. The number of carbonyl (C=O) groups is 4. The Morgan fingerprint density at radius 3 is 2.24 bits per heavy atom. The van der Waals surface area contributed by atoms with Gasteiger partial charge in [0.1, 0.15) is 30.4 Å². The molecule has 1 aliphatic heterocycles. The number of oxime groups is 1. The van der Waals surface area contributed by atoms with Gasteiger partial charge in [0.15, 0.2) is 18.3 Å². The third kappa shape index (κ3) is 8.56. The van der Waals surface area contributed by atoms with E-state index < -0.39 is 60.2 Å². The summed E-state index contributed by atoms with van der Waals surface area (Å²) in [6.07, 6.45) is -1.08. The van der Waals surface area contributed by atoms with E-state index in [0.717, 1.165) is 23.6 Å². The number of halogens is 2. The Morgan fingerprint density at radius 1 is 0.956 bits per heavy atom. The zero-order chi connectivity index (χ0) is 32.8. The molecule has 2 aliphatic rings. The molecule has 0 amide bonds. The topological polar surface area (TPSA) is 147 Å². The fraction of sp³-hybridized carbons (Fsp3) is 0.387. The second kappa shape index (κ2) is 14.8. The molecule has 4 rings (SSSR count). The molecule has 1 aliphatic carbocycles. The molecule has 45 heavy (non-hydrogen) atoms. The molecule has 1 saturated heterocycles. The summed E-state index contributed by atoms with van der Waals surface area (Å²) in [5.74, 6) is -3.73. The molecule has 11 nitrogen and oxygen atoms in total. The van der Waals surface area contributed by atoms with Crippen molar-refractivity contribution in [3.05, 3.63) is 80.3 Å². The van der Waals surface area contributed by atoms with Crippen molar-refractivity contribution in [2.24, 2.45) is 5.16 Å². The Labute approximate surface area is 267 Å². The first-order valence-electron chi connectivity index (χ1n) is 13.8. The highest BCUT2D eigenvalue weighted by Crippen LogP contribution is 2.39. The number of rotatable bonds is 9. The van der Waals surface area contributed by atoms with Crippen molar-refractivity contribution in [2.45, 2.75) is 70.6 Å². The molecule has 0 radical (unpaired) electrons. The van der Waals surface area contributed by atoms with Crippen molar-refractivity contribution in [1.29, 1.82) is 0 Å². The minimum Gasteiger partial charge on any atom is -0.463 e. The lowest BCUT2D eigenvalue weighted by Crippen LogP contribution is -2.59. The van der Waals surface area contributed by atoms with E-state index in [-0.39, 0.29) is 18.2 Å². The molecule has 2 heterocycles. The van der Waals surface area contributed by atoms with Crippen LogP contribution in [0, 0.1) is 0 Å². The smallest absolute Gasteiger partial charge is 0.303 e. The monoisotopic (exact) mass is 663 g/mol. The van der Waals surface area contributed by atoms with Gasteiger partial charge >= 0.3 is 23.9 Å². The van der Waals surface area contributed by atoms with E-state index in [4.69, 9.17) is 40.5 Å². The van der Waals surface area contributed by atoms with E-state index in [2.05, 4.69) is 5.16 Å². The Kier molecular flexibility index (Phi) is 11.1. The van der Waals surface area contributed by atoms with E-state index in [1.54, 1.807) is 24.3 Å². The van der Waals surface area contributed by atoms with Crippen LogP contribution in [0.25, 0.3) is 0 Å². The van der Waals surface area contributed by atoms with Gasteiger partial charge in [-0.05, 0) is 41.5 Å². The summed E-state index contributed by atoms with van der Waals surface area (Å²) in [5.41, 5.74) is 1.04. The quantitative estimate of drug-likeness (QED) is 0.166. The van der Waals surface area contributed by atoms with Crippen molar-refractivity contribution in [2.75, 3.05) is 6.61 Å². The summed E-state index contributed by atoms with van der Waals surface area (Å²) in [4.78, 5) is 49.8. The van der Waals surface area contributed by atoms with Crippen LogP contribution in [0.5, 0.6) is 0 Å². The van der Waals surface area contributed by atoms with Crippen molar-refractivity contribution in [1.82, 2.24) is 0 Å². The van der Waals surface area contributed by atoms with Gasteiger partial charge in [-0.15, -0.1) is 11.3 Å². The zero-order valence-corrected chi connectivity index (χ0v) is 26.3. The number of allylic oxidation sites excluding steroid dienone is 4. The molecule has 1 aromatic heterocycles. The van der Waals surface area contributed by atoms with Crippen molar-refractivity contribution < 1.29 is 52.5 Å². The Balaban J connectivity index is 1.68. The van der Waals surface area contributed by atoms with E-state index in [1.807, 2.05) is 12.1 Å². The van der Waals surface area contributed by atoms with E-state index in [0.29, 0.717) is 22.6 Å². The maximum atomic E-state index is 14.2. The molecule has 1 fully saturated rings. The zero-order valence-electron chi connectivity index (χ0n) is 24.7. The average Bonchev–Trinajstić information content (AvgIpc) is 3.43. The Bertz CT molecular complexity index is 1550. The Hall–Kier alpha value is -4.07. The van der Waals surface area contributed by atoms with Gasteiger partial charge in [-0.3, -0.25) is 19.2 Å². The second-order valence-electron chi connectivity index (χ2n) is 10.3. The van der Waals surface area contributed by atoms with Crippen molar-refractivity contribution in [3.63, 3.8) is 0 Å². The van der Waals surface area contributed by atoms with Gasteiger partial charge in [0.2, 0.25) is 0 Å². The van der Waals surface area contributed by atoms with Gasteiger partial charge in [-0.1, -0.05) is 35.0 Å². The number of esters is 4. The van der Waals surface area contributed by atoms with Gasteiger partial charge in [-0.2, -0.15) is 0 Å².